The first-order chi connectivity index (χ1) is 10.1. The van der Waals surface area contributed by atoms with Gasteiger partial charge in [0.05, 0.1) is 5.69 Å². The number of likely N-dealkylation sites (tertiary alicyclic amines) is 1. The summed E-state index contributed by atoms with van der Waals surface area (Å²) in [4.78, 5) is 14.8. The van der Waals surface area contributed by atoms with Gasteiger partial charge >= 0.3 is 0 Å². The number of nitrogen functional groups attached to an aromatic ring is 1. The second kappa shape index (κ2) is 5.61. The van der Waals surface area contributed by atoms with Gasteiger partial charge in [-0.3, -0.25) is 4.79 Å². The molecule has 112 valence electrons. The summed E-state index contributed by atoms with van der Waals surface area (Å²) in [5.74, 6) is -0.340. The Morgan fingerprint density at radius 2 is 2.33 bits per heavy atom. The predicted molar refractivity (Wildman–Crippen MR) is 81.9 cm³/mol. The minimum atomic E-state index is -0.357. The lowest BCUT2D eigenvalue weighted by Crippen LogP contribution is -2.40. The van der Waals surface area contributed by atoms with Crippen molar-refractivity contribution < 1.29 is 14.3 Å². The molecule has 4 nitrogen and oxygen atoms in total. The van der Waals surface area contributed by atoms with Crippen LogP contribution >= 0.6 is 11.3 Å². The lowest BCUT2D eigenvalue weighted by Gasteiger charge is -2.31. The van der Waals surface area contributed by atoms with Crippen LogP contribution in [0.1, 0.15) is 22.5 Å². The highest BCUT2D eigenvalue weighted by molar-refractivity contribution is 7.21. The Balaban J connectivity index is 1.92. The summed E-state index contributed by atoms with van der Waals surface area (Å²) in [5.41, 5.74) is 6.38. The molecule has 1 aliphatic rings. The number of hydrogen-bond donors (Lipinski definition) is 2. The van der Waals surface area contributed by atoms with Crippen molar-refractivity contribution in [3.8, 4) is 0 Å². The van der Waals surface area contributed by atoms with Crippen LogP contribution in [0.15, 0.2) is 18.2 Å². The molecule has 2 aromatic rings. The van der Waals surface area contributed by atoms with Crippen LogP contribution in [0.3, 0.4) is 0 Å². The van der Waals surface area contributed by atoms with Gasteiger partial charge in [0, 0.05) is 29.8 Å². The second-order valence-corrected chi connectivity index (χ2v) is 6.48. The minimum Gasteiger partial charge on any atom is -0.397 e. The van der Waals surface area contributed by atoms with Crippen LogP contribution in [0.5, 0.6) is 0 Å². The van der Waals surface area contributed by atoms with Crippen molar-refractivity contribution >= 4 is 33.0 Å². The number of rotatable bonds is 2. The van der Waals surface area contributed by atoms with Crippen molar-refractivity contribution in [2.24, 2.45) is 5.92 Å². The molecule has 0 saturated carbocycles. The van der Waals surface area contributed by atoms with Crippen LogP contribution in [0, 0.1) is 11.7 Å². The highest BCUT2D eigenvalue weighted by atomic mass is 32.1. The van der Waals surface area contributed by atoms with Gasteiger partial charge in [-0.2, -0.15) is 0 Å². The molecule has 1 atom stereocenters. The summed E-state index contributed by atoms with van der Waals surface area (Å²) in [6, 6.07) is 4.38. The number of nitrogens with zero attached hydrogens (tertiary/aromatic N) is 1. The van der Waals surface area contributed by atoms with Gasteiger partial charge in [0.2, 0.25) is 0 Å². The molecule has 2 heterocycles. The van der Waals surface area contributed by atoms with E-state index in [-0.39, 0.29) is 24.2 Å². The van der Waals surface area contributed by atoms with Crippen LogP contribution in [-0.2, 0) is 0 Å². The number of anilines is 1. The molecule has 0 spiro atoms. The number of benzene rings is 1. The Kier molecular flexibility index (Phi) is 3.82. The fraction of sp³-hybridized carbons (Fsp3) is 0.400. The number of thiophene rings is 1. The number of halogens is 1. The van der Waals surface area contributed by atoms with E-state index in [0.717, 1.165) is 17.5 Å². The van der Waals surface area contributed by atoms with E-state index in [4.69, 9.17) is 5.73 Å². The predicted octanol–water partition coefficient (Wildman–Crippen LogP) is 2.47. The number of aliphatic hydroxyl groups is 1. The van der Waals surface area contributed by atoms with Crippen LogP contribution in [0.4, 0.5) is 10.1 Å². The molecule has 0 radical (unpaired) electrons. The van der Waals surface area contributed by atoms with Crippen molar-refractivity contribution in [3.05, 3.63) is 28.9 Å². The van der Waals surface area contributed by atoms with E-state index in [2.05, 4.69) is 0 Å². The maximum absolute atomic E-state index is 13.3. The summed E-state index contributed by atoms with van der Waals surface area (Å²) >= 11 is 1.30. The van der Waals surface area contributed by atoms with Crippen molar-refractivity contribution in [2.75, 3.05) is 25.4 Å². The Hall–Kier alpha value is -1.66. The summed E-state index contributed by atoms with van der Waals surface area (Å²) < 4.78 is 14.1. The number of amides is 1. The van der Waals surface area contributed by atoms with E-state index in [1.807, 2.05) is 0 Å². The molecule has 3 rings (SSSR count). The third-order valence-corrected chi connectivity index (χ3v) is 5.12. The Bertz CT molecular complexity index is 686. The summed E-state index contributed by atoms with van der Waals surface area (Å²) in [5, 5.41) is 9.86. The molecule has 0 bridgehead atoms. The Morgan fingerprint density at radius 1 is 1.52 bits per heavy atom. The fourth-order valence-electron chi connectivity index (χ4n) is 2.79. The standard InChI is InChI=1S/C15H17FN2O2S/c16-10-3-4-12-11(6-10)13(17)14(21-12)15(20)18-5-1-2-9(7-18)8-19/h3-4,6,9,19H,1-2,5,7-8,17H2. The van der Waals surface area contributed by atoms with Gasteiger partial charge in [0.1, 0.15) is 10.7 Å². The highest BCUT2D eigenvalue weighted by Crippen LogP contribution is 2.35. The number of carbonyl (C=O) groups is 1. The lowest BCUT2D eigenvalue weighted by atomic mass is 9.99. The molecule has 6 heteroatoms. The molecule has 1 saturated heterocycles. The minimum absolute atomic E-state index is 0.0941. The molecule has 3 N–H and O–H groups in total. The van der Waals surface area contributed by atoms with Crippen molar-refractivity contribution in [2.45, 2.75) is 12.8 Å². The number of fused-ring (bicyclic) bond motifs is 1. The van der Waals surface area contributed by atoms with E-state index in [0.29, 0.717) is 29.0 Å². The van der Waals surface area contributed by atoms with E-state index in [1.165, 1.54) is 23.5 Å². The number of hydrogen-bond acceptors (Lipinski definition) is 4. The van der Waals surface area contributed by atoms with E-state index in [9.17, 15) is 14.3 Å². The smallest absolute Gasteiger partial charge is 0.266 e. The largest absolute Gasteiger partial charge is 0.397 e. The summed E-state index contributed by atoms with van der Waals surface area (Å²) in [7, 11) is 0. The molecule has 0 aliphatic carbocycles. The Morgan fingerprint density at radius 3 is 3.10 bits per heavy atom. The zero-order valence-electron chi connectivity index (χ0n) is 11.5. The third kappa shape index (κ3) is 2.61. The third-order valence-electron chi connectivity index (χ3n) is 3.95. The number of piperidine rings is 1. The van der Waals surface area contributed by atoms with E-state index in [1.54, 1.807) is 11.0 Å². The van der Waals surface area contributed by atoms with Gasteiger partial charge < -0.3 is 15.7 Å². The quantitative estimate of drug-likeness (QED) is 0.895. The van der Waals surface area contributed by atoms with Crippen molar-refractivity contribution in [1.29, 1.82) is 0 Å². The molecule has 1 amide bonds. The van der Waals surface area contributed by atoms with Crippen LogP contribution < -0.4 is 5.73 Å². The molecule has 1 aliphatic heterocycles. The molecular weight excluding hydrogens is 291 g/mol. The van der Waals surface area contributed by atoms with Crippen molar-refractivity contribution in [1.82, 2.24) is 4.90 Å². The number of carbonyl (C=O) groups excluding carboxylic acids is 1. The highest BCUT2D eigenvalue weighted by Gasteiger charge is 2.27. The summed E-state index contributed by atoms with van der Waals surface area (Å²) in [6.45, 7) is 1.33. The molecule has 1 fully saturated rings. The SMILES string of the molecule is Nc1c(C(=O)N2CCCC(CO)C2)sc2ccc(F)cc12. The van der Waals surface area contributed by atoms with Crippen molar-refractivity contribution in [3.63, 3.8) is 0 Å². The monoisotopic (exact) mass is 308 g/mol. The maximum atomic E-state index is 13.3. The average molecular weight is 308 g/mol. The Labute approximate surface area is 126 Å². The summed E-state index contributed by atoms with van der Waals surface area (Å²) in [6.07, 6.45) is 1.82. The van der Waals surface area contributed by atoms with E-state index < -0.39 is 0 Å². The van der Waals surface area contributed by atoms with Crippen LogP contribution in [0.25, 0.3) is 10.1 Å². The van der Waals surface area contributed by atoms with Gasteiger partial charge in [-0.05, 0) is 37.0 Å². The average Bonchev–Trinajstić information content (AvgIpc) is 2.83. The lowest BCUT2D eigenvalue weighted by molar-refractivity contribution is 0.0626. The first-order valence-corrected chi connectivity index (χ1v) is 7.79. The topological polar surface area (TPSA) is 66.6 Å². The normalized spacial score (nSPS) is 19.1. The van der Waals surface area contributed by atoms with Gasteiger partial charge in [0.25, 0.3) is 5.91 Å². The van der Waals surface area contributed by atoms with Gasteiger partial charge in [-0.25, -0.2) is 4.39 Å². The zero-order valence-corrected chi connectivity index (χ0v) is 12.3. The number of nitrogens with two attached hydrogens (primary N) is 1. The van der Waals surface area contributed by atoms with E-state index >= 15 is 0 Å². The van der Waals surface area contributed by atoms with Gasteiger partial charge in [-0.1, -0.05) is 0 Å². The first kappa shape index (κ1) is 14.3. The molecule has 1 unspecified atom stereocenters. The fourth-order valence-corrected chi connectivity index (χ4v) is 3.86. The number of aliphatic hydroxyl groups excluding tert-OH is 1. The molecular formula is C15H17FN2O2S. The molecule has 1 aromatic carbocycles. The zero-order chi connectivity index (χ0) is 15.0. The van der Waals surface area contributed by atoms with Gasteiger partial charge in [0.15, 0.2) is 0 Å². The molecule has 21 heavy (non-hydrogen) atoms. The molecule has 1 aromatic heterocycles. The van der Waals surface area contributed by atoms with Crippen LogP contribution in [0.2, 0.25) is 0 Å². The first-order valence-electron chi connectivity index (χ1n) is 6.98. The van der Waals surface area contributed by atoms with Gasteiger partial charge in [-0.15, -0.1) is 11.3 Å². The maximum Gasteiger partial charge on any atom is 0.266 e. The van der Waals surface area contributed by atoms with Crippen LogP contribution in [-0.4, -0.2) is 35.6 Å². The second-order valence-electron chi connectivity index (χ2n) is 5.43.